The quantitative estimate of drug-likeness (QED) is 0.836. The first-order valence-corrected chi connectivity index (χ1v) is 6.14. The van der Waals surface area contributed by atoms with Gasteiger partial charge in [0.15, 0.2) is 0 Å². The Morgan fingerprint density at radius 3 is 3.00 bits per heavy atom. The number of hydrogen-bond acceptors (Lipinski definition) is 3. The van der Waals surface area contributed by atoms with Gasteiger partial charge in [-0.25, -0.2) is 0 Å². The third-order valence-electron chi connectivity index (χ3n) is 3.87. The molecule has 3 heterocycles. The van der Waals surface area contributed by atoms with Crippen LogP contribution >= 0.6 is 0 Å². The summed E-state index contributed by atoms with van der Waals surface area (Å²) in [4.78, 5) is 4.33. The summed E-state index contributed by atoms with van der Waals surface area (Å²) in [5.41, 5.74) is 7.37. The van der Waals surface area contributed by atoms with Gasteiger partial charge in [-0.15, -0.1) is 0 Å². The van der Waals surface area contributed by atoms with Crippen LogP contribution in [0.2, 0.25) is 0 Å². The van der Waals surface area contributed by atoms with Gasteiger partial charge in [-0.2, -0.15) is 0 Å². The lowest BCUT2D eigenvalue weighted by Gasteiger charge is -2.24. The topological polar surface area (TPSA) is 48.1 Å². The molecule has 2 bridgehead atoms. The SMILES string of the molecule is NC(Cc1ccccn1)C1CC2CCC1O2. The largest absolute Gasteiger partial charge is 0.375 e. The van der Waals surface area contributed by atoms with Crippen molar-refractivity contribution < 1.29 is 4.74 Å². The lowest BCUT2D eigenvalue weighted by Crippen LogP contribution is -2.38. The molecule has 16 heavy (non-hydrogen) atoms. The van der Waals surface area contributed by atoms with Crippen LogP contribution in [0.3, 0.4) is 0 Å². The predicted octanol–water partition coefficient (Wildman–Crippen LogP) is 1.52. The molecular weight excluding hydrogens is 200 g/mol. The average Bonchev–Trinajstić information content (AvgIpc) is 2.92. The van der Waals surface area contributed by atoms with Crippen molar-refractivity contribution in [2.45, 2.75) is 43.9 Å². The monoisotopic (exact) mass is 218 g/mol. The lowest BCUT2D eigenvalue weighted by molar-refractivity contribution is 0.0884. The number of pyridine rings is 1. The molecule has 2 N–H and O–H groups in total. The van der Waals surface area contributed by atoms with Crippen molar-refractivity contribution in [2.75, 3.05) is 0 Å². The molecule has 3 nitrogen and oxygen atoms in total. The molecule has 2 saturated heterocycles. The molecule has 0 aliphatic carbocycles. The van der Waals surface area contributed by atoms with Crippen LogP contribution in [0.25, 0.3) is 0 Å². The molecule has 0 aromatic carbocycles. The highest BCUT2D eigenvalue weighted by molar-refractivity contribution is 5.07. The number of hydrogen-bond donors (Lipinski definition) is 1. The van der Waals surface area contributed by atoms with Gasteiger partial charge in [0.1, 0.15) is 0 Å². The summed E-state index contributed by atoms with van der Waals surface area (Å²) >= 11 is 0. The molecule has 3 heteroatoms. The second-order valence-corrected chi connectivity index (χ2v) is 4.96. The smallest absolute Gasteiger partial charge is 0.0623 e. The summed E-state index contributed by atoms with van der Waals surface area (Å²) < 4.78 is 5.84. The Bertz CT molecular complexity index is 354. The van der Waals surface area contributed by atoms with Crippen molar-refractivity contribution in [3.63, 3.8) is 0 Å². The van der Waals surface area contributed by atoms with Gasteiger partial charge in [0, 0.05) is 30.3 Å². The van der Waals surface area contributed by atoms with E-state index in [1.807, 2.05) is 24.4 Å². The van der Waals surface area contributed by atoms with Crippen LogP contribution < -0.4 is 5.73 Å². The maximum absolute atomic E-state index is 6.28. The summed E-state index contributed by atoms with van der Waals surface area (Å²) in [5, 5.41) is 0. The van der Waals surface area contributed by atoms with Crippen LogP contribution in [0, 0.1) is 5.92 Å². The summed E-state index contributed by atoms with van der Waals surface area (Å²) in [6, 6.07) is 6.21. The zero-order chi connectivity index (χ0) is 11.0. The molecule has 1 aromatic heterocycles. The molecule has 0 spiro atoms. The first-order chi connectivity index (χ1) is 7.83. The second kappa shape index (κ2) is 4.15. The van der Waals surface area contributed by atoms with E-state index in [9.17, 15) is 0 Å². The number of ether oxygens (including phenoxy) is 1. The minimum absolute atomic E-state index is 0.199. The van der Waals surface area contributed by atoms with Gasteiger partial charge < -0.3 is 10.5 Å². The highest BCUT2D eigenvalue weighted by Crippen LogP contribution is 2.40. The summed E-state index contributed by atoms with van der Waals surface area (Å²) in [6.07, 6.45) is 7.20. The lowest BCUT2D eigenvalue weighted by atomic mass is 9.82. The Labute approximate surface area is 96.0 Å². The van der Waals surface area contributed by atoms with Crippen LogP contribution in [0.4, 0.5) is 0 Å². The maximum atomic E-state index is 6.28. The standard InChI is InChI=1S/C13H18N2O/c14-12(7-9-3-1-2-6-15-9)11-8-10-4-5-13(11)16-10/h1-3,6,10-13H,4-5,7-8,14H2. The van der Waals surface area contributed by atoms with E-state index in [2.05, 4.69) is 4.98 Å². The summed E-state index contributed by atoms with van der Waals surface area (Å²) in [5.74, 6) is 0.542. The molecule has 2 aliphatic rings. The molecule has 1 aromatic rings. The summed E-state index contributed by atoms with van der Waals surface area (Å²) in [6.45, 7) is 0. The van der Waals surface area contributed by atoms with Gasteiger partial charge in [-0.1, -0.05) is 6.07 Å². The molecule has 0 saturated carbocycles. The van der Waals surface area contributed by atoms with E-state index in [-0.39, 0.29) is 6.04 Å². The summed E-state index contributed by atoms with van der Waals surface area (Å²) in [7, 11) is 0. The Hall–Kier alpha value is -0.930. The van der Waals surface area contributed by atoms with Crippen molar-refractivity contribution in [1.29, 1.82) is 0 Å². The molecule has 4 atom stereocenters. The minimum Gasteiger partial charge on any atom is -0.375 e. The van der Waals surface area contributed by atoms with Gasteiger partial charge in [0.25, 0.3) is 0 Å². The van der Waals surface area contributed by atoms with Gasteiger partial charge >= 0.3 is 0 Å². The zero-order valence-electron chi connectivity index (χ0n) is 9.38. The van der Waals surface area contributed by atoms with E-state index >= 15 is 0 Å². The Balaban J connectivity index is 1.64. The van der Waals surface area contributed by atoms with Crippen LogP contribution in [-0.4, -0.2) is 23.2 Å². The molecule has 2 fully saturated rings. The number of nitrogens with zero attached hydrogens (tertiary/aromatic N) is 1. The number of aromatic nitrogens is 1. The third-order valence-corrected chi connectivity index (χ3v) is 3.87. The molecule has 3 rings (SSSR count). The van der Waals surface area contributed by atoms with Crippen LogP contribution in [0.5, 0.6) is 0 Å². The number of rotatable bonds is 3. The van der Waals surface area contributed by atoms with E-state index < -0.39 is 0 Å². The van der Waals surface area contributed by atoms with Crippen molar-refractivity contribution in [2.24, 2.45) is 11.7 Å². The van der Waals surface area contributed by atoms with Crippen molar-refractivity contribution in [3.8, 4) is 0 Å². The Morgan fingerprint density at radius 1 is 1.44 bits per heavy atom. The van der Waals surface area contributed by atoms with Crippen LogP contribution in [0.15, 0.2) is 24.4 Å². The highest BCUT2D eigenvalue weighted by Gasteiger charge is 2.43. The number of nitrogens with two attached hydrogens (primary N) is 1. The van der Waals surface area contributed by atoms with E-state index in [0.29, 0.717) is 18.1 Å². The fraction of sp³-hybridized carbons (Fsp3) is 0.615. The zero-order valence-corrected chi connectivity index (χ0v) is 9.38. The van der Waals surface area contributed by atoms with Crippen molar-refractivity contribution in [1.82, 2.24) is 4.98 Å². The van der Waals surface area contributed by atoms with Gasteiger partial charge in [0.05, 0.1) is 12.2 Å². The molecule has 86 valence electrons. The normalized spacial score (nSPS) is 34.2. The second-order valence-electron chi connectivity index (χ2n) is 4.96. The van der Waals surface area contributed by atoms with E-state index in [1.54, 1.807) is 0 Å². The van der Waals surface area contributed by atoms with Crippen molar-refractivity contribution >= 4 is 0 Å². The van der Waals surface area contributed by atoms with Gasteiger partial charge in [0.2, 0.25) is 0 Å². The molecule has 0 amide bonds. The molecule has 4 unspecified atom stereocenters. The first kappa shape index (κ1) is 10.2. The predicted molar refractivity (Wildman–Crippen MR) is 61.9 cm³/mol. The van der Waals surface area contributed by atoms with Gasteiger partial charge in [-0.05, 0) is 31.4 Å². The highest BCUT2D eigenvalue weighted by atomic mass is 16.5. The van der Waals surface area contributed by atoms with Crippen LogP contribution in [-0.2, 0) is 11.2 Å². The van der Waals surface area contributed by atoms with Crippen molar-refractivity contribution in [3.05, 3.63) is 30.1 Å². The maximum Gasteiger partial charge on any atom is 0.0623 e. The molecular formula is C13H18N2O. The fourth-order valence-corrected chi connectivity index (χ4v) is 3.04. The molecule has 0 radical (unpaired) electrons. The van der Waals surface area contributed by atoms with E-state index in [4.69, 9.17) is 10.5 Å². The minimum atomic E-state index is 0.199. The Kier molecular flexibility index (Phi) is 2.65. The fourth-order valence-electron chi connectivity index (χ4n) is 3.04. The van der Waals surface area contributed by atoms with E-state index in [1.165, 1.54) is 12.8 Å². The molecule has 2 aliphatic heterocycles. The van der Waals surface area contributed by atoms with Crippen LogP contribution in [0.1, 0.15) is 25.0 Å². The number of fused-ring (bicyclic) bond motifs is 2. The first-order valence-electron chi connectivity index (χ1n) is 6.14. The van der Waals surface area contributed by atoms with Gasteiger partial charge in [-0.3, -0.25) is 4.98 Å². The Morgan fingerprint density at radius 2 is 2.38 bits per heavy atom. The third kappa shape index (κ3) is 1.85. The van der Waals surface area contributed by atoms with E-state index in [0.717, 1.165) is 18.5 Å². The average molecular weight is 218 g/mol.